The van der Waals surface area contributed by atoms with Gasteiger partial charge in [0.1, 0.15) is 24.0 Å². The maximum Gasteiger partial charge on any atom is 0.124 e. The molecule has 0 saturated heterocycles. The van der Waals surface area contributed by atoms with Crippen molar-refractivity contribution in [2.45, 2.75) is 13.2 Å². The minimum atomic E-state index is -0.261. The maximum absolute atomic E-state index is 12.9. The average molecular weight is 325 g/mol. The first-order chi connectivity index (χ1) is 11.7. The molecule has 4 heteroatoms. The molecule has 0 bridgehead atoms. The second-order valence-corrected chi connectivity index (χ2v) is 5.38. The Bertz CT molecular complexity index is 717. The lowest BCUT2D eigenvalue weighted by Crippen LogP contribution is -2.03. The molecule has 24 heavy (non-hydrogen) atoms. The number of anilines is 1. The van der Waals surface area contributed by atoms with Gasteiger partial charge in [-0.3, -0.25) is 0 Å². The monoisotopic (exact) mass is 325 g/mol. The molecule has 0 radical (unpaired) electrons. The van der Waals surface area contributed by atoms with Crippen LogP contribution in [0.1, 0.15) is 11.1 Å². The van der Waals surface area contributed by atoms with Crippen LogP contribution in [0.5, 0.6) is 5.75 Å². The lowest BCUT2D eigenvalue weighted by molar-refractivity contribution is 0.303. The molecule has 0 atom stereocenters. The Morgan fingerprint density at radius 2 is 1.38 bits per heavy atom. The molecular weight excluding hydrogens is 308 g/mol. The molecule has 2 nitrogen and oxygen atoms in total. The van der Waals surface area contributed by atoms with Crippen molar-refractivity contribution in [3.05, 3.63) is 95.6 Å². The van der Waals surface area contributed by atoms with E-state index in [1.54, 1.807) is 24.3 Å². The summed E-state index contributed by atoms with van der Waals surface area (Å²) >= 11 is 0. The van der Waals surface area contributed by atoms with Crippen molar-refractivity contribution < 1.29 is 13.5 Å². The average Bonchev–Trinajstić information content (AvgIpc) is 2.61. The number of rotatable bonds is 6. The first-order valence-corrected chi connectivity index (χ1v) is 7.65. The van der Waals surface area contributed by atoms with Gasteiger partial charge in [0, 0.05) is 17.8 Å². The van der Waals surface area contributed by atoms with E-state index in [-0.39, 0.29) is 11.6 Å². The van der Waals surface area contributed by atoms with Gasteiger partial charge >= 0.3 is 0 Å². The van der Waals surface area contributed by atoms with Gasteiger partial charge in [0.25, 0.3) is 0 Å². The molecular formula is C20H17F2NO. The standard InChI is InChI=1S/C20H17F2NO/c21-17-7-5-15(6-8-17)14-24-20-4-2-1-3-16(20)13-23-19-11-9-18(22)10-12-19/h1-12,23H,13-14H2. The molecule has 0 saturated carbocycles. The highest BCUT2D eigenvalue weighted by Crippen LogP contribution is 2.21. The van der Waals surface area contributed by atoms with Crippen LogP contribution in [0, 0.1) is 11.6 Å². The molecule has 0 aliphatic carbocycles. The van der Waals surface area contributed by atoms with Gasteiger partial charge in [-0.2, -0.15) is 0 Å². The van der Waals surface area contributed by atoms with Crippen LogP contribution < -0.4 is 10.1 Å². The normalized spacial score (nSPS) is 10.4. The molecule has 122 valence electrons. The molecule has 0 spiro atoms. The van der Waals surface area contributed by atoms with Crippen molar-refractivity contribution in [2.24, 2.45) is 0 Å². The minimum Gasteiger partial charge on any atom is -0.489 e. The van der Waals surface area contributed by atoms with Gasteiger partial charge in [-0.15, -0.1) is 0 Å². The van der Waals surface area contributed by atoms with Crippen LogP contribution in [0.25, 0.3) is 0 Å². The molecule has 0 aliphatic heterocycles. The van der Waals surface area contributed by atoms with Crippen molar-refractivity contribution in [2.75, 3.05) is 5.32 Å². The van der Waals surface area contributed by atoms with Crippen molar-refractivity contribution in [3.63, 3.8) is 0 Å². The van der Waals surface area contributed by atoms with Crippen LogP contribution in [0.2, 0.25) is 0 Å². The predicted octanol–water partition coefficient (Wildman–Crippen LogP) is 5.16. The highest BCUT2D eigenvalue weighted by atomic mass is 19.1. The Morgan fingerprint density at radius 3 is 2.08 bits per heavy atom. The third-order valence-corrected chi connectivity index (χ3v) is 3.61. The zero-order valence-corrected chi connectivity index (χ0v) is 13.0. The molecule has 0 fully saturated rings. The summed E-state index contributed by atoms with van der Waals surface area (Å²) in [4.78, 5) is 0. The van der Waals surface area contributed by atoms with E-state index in [0.717, 1.165) is 22.6 Å². The highest BCUT2D eigenvalue weighted by Gasteiger charge is 2.04. The van der Waals surface area contributed by atoms with Gasteiger partial charge < -0.3 is 10.1 Å². The SMILES string of the molecule is Fc1ccc(COc2ccccc2CNc2ccc(F)cc2)cc1. The van der Waals surface area contributed by atoms with Gasteiger partial charge in [0.05, 0.1) is 0 Å². The zero-order chi connectivity index (χ0) is 16.8. The number of halogens is 2. The molecule has 3 aromatic carbocycles. The van der Waals surface area contributed by atoms with Crippen molar-refractivity contribution in [3.8, 4) is 5.75 Å². The first kappa shape index (κ1) is 16.0. The molecule has 0 amide bonds. The van der Waals surface area contributed by atoms with E-state index in [0.29, 0.717) is 13.2 Å². The highest BCUT2D eigenvalue weighted by molar-refractivity contribution is 5.45. The van der Waals surface area contributed by atoms with Crippen LogP contribution in [0.4, 0.5) is 14.5 Å². The Kier molecular flexibility index (Phi) is 5.06. The summed E-state index contributed by atoms with van der Waals surface area (Å²) < 4.78 is 31.7. The first-order valence-electron chi connectivity index (χ1n) is 7.65. The fraction of sp³-hybridized carbons (Fsp3) is 0.100. The maximum atomic E-state index is 12.9. The Labute approximate surface area is 139 Å². The molecule has 0 heterocycles. The van der Waals surface area contributed by atoms with Crippen molar-refractivity contribution >= 4 is 5.69 Å². The Balaban J connectivity index is 1.64. The lowest BCUT2D eigenvalue weighted by atomic mass is 10.2. The van der Waals surface area contributed by atoms with E-state index >= 15 is 0 Å². The molecule has 1 N–H and O–H groups in total. The number of hydrogen-bond donors (Lipinski definition) is 1. The fourth-order valence-electron chi connectivity index (χ4n) is 2.30. The molecule has 0 unspecified atom stereocenters. The van der Waals surface area contributed by atoms with E-state index < -0.39 is 0 Å². The van der Waals surface area contributed by atoms with Gasteiger partial charge in [-0.05, 0) is 48.0 Å². The van der Waals surface area contributed by atoms with Crippen LogP contribution in [0.15, 0.2) is 72.8 Å². The van der Waals surface area contributed by atoms with E-state index in [2.05, 4.69) is 5.32 Å². The van der Waals surface area contributed by atoms with Crippen molar-refractivity contribution in [1.82, 2.24) is 0 Å². The summed E-state index contributed by atoms with van der Waals surface area (Å²) in [6, 6.07) is 20.2. The van der Waals surface area contributed by atoms with Crippen molar-refractivity contribution in [1.29, 1.82) is 0 Å². The molecule has 3 aromatic rings. The summed E-state index contributed by atoms with van der Waals surface area (Å²) in [5, 5.41) is 3.24. The summed E-state index contributed by atoms with van der Waals surface area (Å²) in [7, 11) is 0. The largest absolute Gasteiger partial charge is 0.489 e. The summed E-state index contributed by atoms with van der Waals surface area (Å²) in [5.41, 5.74) is 2.73. The lowest BCUT2D eigenvalue weighted by Gasteiger charge is -2.13. The molecule has 3 rings (SSSR count). The van der Waals surface area contributed by atoms with Gasteiger partial charge in [-0.1, -0.05) is 30.3 Å². The number of ether oxygens (including phenoxy) is 1. The van der Waals surface area contributed by atoms with E-state index in [1.807, 2.05) is 24.3 Å². The van der Waals surface area contributed by atoms with Crippen LogP contribution >= 0.6 is 0 Å². The number of nitrogens with one attached hydrogen (secondary N) is 1. The third-order valence-electron chi connectivity index (χ3n) is 3.61. The fourth-order valence-corrected chi connectivity index (χ4v) is 2.30. The zero-order valence-electron chi connectivity index (χ0n) is 13.0. The second kappa shape index (κ2) is 7.59. The van der Waals surface area contributed by atoms with Crippen LogP contribution in [-0.2, 0) is 13.2 Å². The third kappa shape index (κ3) is 4.32. The number of para-hydroxylation sites is 1. The number of benzene rings is 3. The van der Waals surface area contributed by atoms with Gasteiger partial charge in [-0.25, -0.2) is 8.78 Å². The summed E-state index contributed by atoms with van der Waals surface area (Å²) in [5.74, 6) is 0.239. The Hall–Kier alpha value is -2.88. The predicted molar refractivity (Wildman–Crippen MR) is 90.9 cm³/mol. The quantitative estimate of drug-likeness (QED) is 0.676. The molecule has 0 aromatic heterocycles. The number of hydrogen-bond acceptors (Lipinski definition) is 2. The van der Waals surface area contributed by atoms with Crippen LogP contribution in [0.3, 0.4) is 0 Å². The smallest absolute Gasteiger partial charge is 0.124 e. The summed E-state index contributed by atoms with van der Waals surface area (Å²) in [6.07, 6.45) is 0. The second-order valence-electron chi connectivity index (χ2n) is 5.38. The minimum absolute atomic E-state index is 0.261. The molecule has 0 aliphatic rings. The topological polar surface area (TPSA) is 21.3 Å². The summed E-state index contributed by atoms with van der Waals surface area (Å²) in [6.45, 7) is 0.930. The van der Waals surface area contributed by atoms with E-state index in [1.165, 1.54) is 24.3 Å². The van der Waals surface area contributed by atoms with Crippen LogP contribution in [-0.4, -0.2) is 0 Å². The van der Waals surface area contributed by atoms with E-state index in [9.17, 15) is 8.78 Å². The van der Waals surface area contributed by atoms with Gasteiger partial charge in [0.2, 0.25) is 0 Å². The van der Waals surface area contributed by atoms with E-state index in [4.69, 9.17) is 4.74 Å². The Morgan fingerprint density at radius 1 is 0.750 bits per heavy atom. The van der Waals surface area contributed by atoms with Gasteiger partial charge in [0.15, 0.2) is 0 Å².